The first-order valence-electron chi connectivity index (χ1n) is 13.9. The molecule has 2 aromatic heterocycles. The summed E-state index contributed by atoms with van der Waals surface area (Å²) >= 11 is 0. The molecule has 5 aromatic carbocycles. The highest BCUT2D eigenvalue weighted by Crippen LogP contribution is 2.50. The predicted molar refractivity (Wildman–Crippen MR) is 170 cm³/mol. The van der Waals surface area contributed by atoms with Gasteiger partial charge in [0.15, 0.2) is 0 Å². The molecule has 3 heteroatoms. The van der Waals surface area contributed by atoms with Crippen LogP contribution in [0.15, 0.2) is 152 Å². The van der Waals surface area contributed by atoms with E-state index in [0.29, 0.717) is 0 Å². The van der Waals surface area contributed by atoms with Gasteiger partial charge in [0.1, 0.15) is 5.82 Å². The van der Waals surface area contributed by atoms with Crippen LogP contribution in [-0.2, 0) is 0 Å². The Labute approximate surface area is 239 Å². The minimum Gasteiger partial charge on any atom is -0.294 e. The van der Waals surface area contributed by atoms with Crippen LogP contribution in [0.2, 0.25) is 0 Å². The predicted octanol–water partition coefficient (Wildman–Crippen LogP) is 10.1. The number of anilines is 3. The Morgan fingerprint density at radius 1 is 0.415 bits per heavy atom. The van der Waals surface area contributed by atoms with Crippen molar-refractivity contribution < 1.29 is 0 Å². The maximum absolute atomic E-state index is 5.28. The quantitative estimate of drug-likeness (QED) is 0.230. The third kappa shape index (κ3) is 3.98. The van der Waals surface area contributed by atoms with Crippen molar-refractivity contribution in [2.45, 2.75) is 0 Å². The van der Waals surface area contributed by atoms with Gasteiger partial charge in [-0.15, -0.1) is 0 Å². The van der Waals surface area contributed by atoms with Crippen LogP contribution in [0.3, 0.4) is 0 Å². The van der Waals surface area contributed by atoms with E-state index in [0.717, 1.165) is 72.9 Å². The van der Waals surface area contributed by atoms with Gasteiger partial charge in [0.05, 0.1) is 28.5 Å². The van der Waals surface area contributed by atoms with Gasteiger partial charge in [0, 0.05) is 22.1 Å². The molecule has 1 aliphatic heterocycles. The Bertz CT molecular complexity index is 1980. The molecule has 0 N–H and O–H groups in total. The van der Waals surface area contributed by atoms with Crippen LogP contribution in [-0.4, -0.2) is 9.97 Å². The monoisotopic (exact) mass is 523 g/mol. The smallest absolute Gasteiger partial charge is 0.138 e. The average molecular weight is 524 g/mol. The van der Waals surface area contributed by atoms with Crippen molar-refractivity contribution >= 4 is 28.0 Å². The lowest BCUT2D eigenvalue weighted by atomic mass is 9.93. The number of hydrogen-bond donors (Lipinski definition) is 0. The number of benzene rings is 5. The zero-order valence-corrected chi connectivity index (χ0v) is 22.3. The summed E-state index contributed by atoms with van der Waals surface area (Å²) in [6, 6.07) is 53.0. The highest BCUT2D eigenvalue weighted by atomic mass is 15.2. The van der Waals surface area contributed by atoms with E-state index in [9.17, 15) is 0 Å². The molecule has 0 saturated carbocycles. The number of fused-ring (bicyclic) bond motifs is 2. The first-order valence-corrected chi connectivity index (χ1v) is 13.9. The van der Waals surface area contributed by atoms with Gasteiger partial charge in [-0.05, 0) is 46.8 Å². The molecule has 1 aliphatic rings. The molecule has 3 heterocycles. The molecule has 0 fully saturated rings. The van der Waals surface area contributed by atoms with Crippen molar-refractivity contribution in [1.82, 2.24) is 9.97 Å². The van der Waals surface area contributed by atoms with Crippen molar-refractivity contribution in [2.24, 2.45) is 0 Å². The van der Waals surface area contributed by atoms with Gasteiger partial charge in [-0.25, -0.2) is 9.97 Å². The summed E-state index contributed by atoms with van der Waals surface area (Å²) in [4.78, 5) is 12.8. The van der Waals surface area contributed by atoms with Crippen LogP contribution in [0.5, 0.6) is 0 Å². The second kappa shape index (κ2) is 9.58. The van der Waals surface area contributed by atoms with E-state index in [2.05, 4.69) is 144 Å². The summed E-state index contributed by atoms with van der Waals surface area (Å²) in [5, 5.41) is 2.30. The van der Waals surface area contributed by atoms with Crippen LogP contribution in [0.4, 0.5) is 17.2 Å². The maximum Gasteiger partial charge on any atom is 0.138 e. The molecule has 0 unspecified atom stereocenters. The zero-order valence-electron chi connectivity index (χ0n) is 22.3. The standard InChI is InChI=1S/C38H25N3/c1-4-13-26(14-5-1)30-24-32(27-15-6-2-7-16-27)39-36(25-30)41-34-21-11-10-20-31(34)38-37-29(19-12-22-35(37)41)23-33(40-38)28-17-8-3-9-18-28/h1-25H. The first kappa shape index (κ1) is 23.4. The fourth-order valence-electron chi connectivity index (χ4n) is 5.86. The second-order valence-corrected chi connectivity index (χ2v) is 10.3. The number of para-hydroxylation sites is 1. The molecule has 0 atom stereocenters. The van der Waals surface area contributed by atoms with Gasteiger partial charge >= 0.3 is 0 Å². The summed E-state index contributed by atoms with van der Waals surface area (Å²) in [6.07, 6.45) is 0. The lowest BCUT2D eigenvalue weighted by Gasteiger charge is -2.33. The average Bonchev–Trinajstić information content (AvgIpc) is 3.06. The Hall–Kier alpha value is -5.54. The van der Waals surface area contributed by atoms with Crippen LogP contribution in [0.25, 0.3) is 55.7 Å². The van der Waals surface area contributed by atoms with Crippen LogP contribution < -0.4 is 4.90 Å². The van der Waals surface area contributed by atoms with Crippen LogP contribution in [0, 0.1) is 0 Å². The summed E-state index contributed by atoms with van der Waals surface area (Å²) in [5.74, 6) is 0.878. The van der Waals surface area contributed by atoms with E-state index >= 15 is 0 Å². The normalized spacial score (nSPS) is 11.9. The van der Waals surface area contributed by atoms with Crippen molar-refractivity contribution in [3.05, 3.63) is 152 Å². The number of aromatic nitrogens is 2. The van der Waals surface area contributed by atoms with E-state index in [1.165, 1.54) is 0 Å². The lowest BCUT2D eigenvalue weighted by molar-refractivity contribution is 1.18. The second-order valence-electron chi connectivity index (χ2n) is 10.3. The molecular weight excluding hydrogens is 498 g/mol. The topological polar surface area (TPSA) is 29.0 Å². The van der Waals surface area contributed by atoms with Crippen molar-refractivity contribution in [2.75, 3.05) is 4.90 Å². The fraction of sp³-hybridized carbons (Fsp3) is 0. The number of pyridine rings is 2. The molecule has 0 amide bonds. The zero-order chi connectivity index (χ0) is 27.2. The molecule has 0 saturated heterocycles. The van der Waals surface area contributed by atoms with E-state index < -0.39 is 0 Å². The minimum absolute atomic E-state index is 0.878. The van der Waals surface area contributed by atoms with Gasteiger partial charge in [-0.1, -0.05) is 121 Å². The van der Waals surface area contributed by atoms with Crippen molar-refractivity contribution in [3.63, 3.8) is 0 Å². The van der Waals surface area contributed by atoms with Crippen LogP contribution in [0.1, 0.15) is 0 Å². The van der Waals surface area contributed by atoms with E-state index in [-0.39, 0.29) is 0 Å². The van der Waals surface area contributed by atoms with Crippen molar-refractivity contribution in [1.29, 1.82) is 0 Å². The van der Waals surface area contributed by atoms with Gasteiger partial charge < -0.3 is 0 Å². The van der Waals surface area contributed by atoms with Gasteiger partial charge in [-0.2, -0.15) is 0 Å². The Morgan fingerprint density at radius 2 is 1.00 bits per heavy atom. The van der Waals surface area contributed by atoms with Crippen LogP contribution >= 0.6 is 0 Å². The molecule has 7 aromatic rings. The number of hydrogen-bond acceptors (Lipinski definition) is 3. The summed E-state index contributed by atoms with van der Waals surface area (Å²) in [5.41, 5.74) is 10.7. The Balaban J connectivity index is 1.41. The van der Waals surface area contributed by atoms with Gasteiger partial charge in [0.25, 0.3) is 0 Å². The van der Waals surface area contributed by atoms with Gasteiger partial charge in [-0.3, -0.25) is 4.90 Å². The van der Waals surface area contributed by atoms with E-state index in [1.807, 2.05) is 12.1 Å². The highest BCUT2D eigenvalue weighted by molar-refractivity contribution is 6.13. The minimum atomic E-state index is 0.878. The Morgan fingerprint density at radius 3 is 1.71 bits per heavy atom. The van der Waals surface area contributed by atoms with Crippen molar-refractivity contribution in [3.8, 4) is 44.9 Å². The molecular formula is C38H25N3. The fourth-order valence-corrected chi connectivity index (χ4v) is 5.86. The number of rotatable bonds is 4. The summed E-state index contributed by atoms with van der Waals surface area (Å²) in [6.45, 7) is 0. The third-order valence-corrected chi connectivity index (χ3v) is 7.76. The molecule has 0 spiro atoms. The molecule has 3 nitrogen and oxygen atoms in total. The summed E-state index contributed by atoms with van der Waals surface area (Å²) in [7, 11) is 0. The number of nitrogens with zero attached hydrogens (tertiary/aromatic N) is 3. The molecule has 0 radical (unpaired) electrons. The molecule has 0 bridgehead atoms. The largest absolute Gasteiger partial charge is 0.294 e. The maximum atomic E-state index is 5.28. The first-order chi connectivity index (χ1) is 20.3. The van der Waals surface area contributed by atoms with Gasteiger partial charge in [0.2, 0.25) is 0 Å². The molecule has 0 aliphatic carbocycles. The molecule has 41 heavy (non-hydrogen) atoms. The molecule has 192 valence electrons. The lowest BCUT2D eigenvalue weighted by Crippen LogP contribution is -2.17. The molecule has 8 rings (SSSR count). The van der Waals surface area contributed by atoms with E-state index in [1.54, 1.807) is 0 Å². The SMILES string of the molecule is c1ccc(-c2cc(-c3ccccc3)nc(N3c4ccccc4-c4nc(-c5ccccc5)cc5cccc3c45)c2)cc1. The third-order valence-electron chi connectivity index (χ3n) is 7.76. The highest BCUT2D eigenvalue weighted by Gasteiger charge is 2.28. The summed E-state index contributed by atoms with van der Waals surface area (Å²) < 4.78 is 0. The Kier molecular flexibility index (Phi) is 5.46. The van der Waals surface area contributed by atoms with E-state index in [4.69, 9.17) is 9.97 Å².